The molecule has 31 heavy (non-hydrogen) atoms. The van der Waals surface area contributed by atoms with E-state index in [4.69, 9.17) is 9.73 Å². The average molecular weight is 412 g/mol. The van der Waals surface area contributed by atoms with E-state index < -0.39 is 17.9 Å². The van der Waals surface area contributed by atoms with Gasteiger partial charge in [-0.1, -0.05) is 91.0 Å². The van der Waals surface area contributed by atoms with Gasteiger partial charge in [0.1, 0.15) is 5.84 Å². The van der Waals surface area contributed by atoms with E-state index in [2.05, 4.69) is 0 Å². The van der Waals surface area contributed by atoms with Gasteiger partial charge in [0, 0.05) is 5.56 Å². The van der Waals surface area contributed by atoms with Crippen molar-refractivity contribution in [3.63, 3.8) is 0 Å². The zero-order valence-electron chi connectivity index (χ0n) is 17.3. The van der Waals surface area contributed by atoms with E-state index in [1.165, 1.54) is 0 Å². The van der Waals surface area contributed by atoms with Crippen LogP contribution in [0, 0.1) is 5.92 Å². The first kappa shape index (κ1) is 20.5. The number of amidine groups is 1. The first-order valence-corrected chi connectivity index (χ1v) is 10.4. The Morgan fingerprint density at radius 3 is 2.10 bits per heavy atom. The maximum atomic E-state index is 13.8. The van der Waals surface area contributed by atoms with Gasteiger partial charge in [-0.2, -0.15) is 0 Å². The van der Waals surface area contributed by atoms with Crippen molar-refractivity contribution in [2.45, 2.75) is 19.5 Å². The zero-order valence-corrected chi connectivity index (χ0v) is 17.3. The summed E-state index contributed by atoms with van der Waals surface area (Å²) in [5.41, 5.74) is 2.59. The zero-order chi connectivity index (χ0) is 21.6. The van der Waals surface area contributed by atoms with Crippen molar-refractivity contribution >= 4 is 17.7 Å². The number of carbonyl (C=O) groups is 2. The molecule has 0 saturated heterocycles. The quantitative estimate of drug-likeness (QED) is 0.445. The van der Waals surface area contributed by atoms with E-state index in [0.717, 1.165) is 16.7 Å². The van der Waals surface area contributed by atoms with Crippen molar-refractivity contribution in [1.29, 1.82) is 0 Å². The molecule has 1 heterocycles. The lowest BCUT2D eigenvalue weighted by molar-refractivity contribution is -0.156. The second-order valence-electron chi connectivity index (χ2n) is 7.31. The molecule has 3 aromatic carbocycles. The first-order valence-electron chi connectivity index (χ1n) is 10.4. The molecule has 0 N–H and O–H groups in total. The van der Waals surface area contributed by atoms with E-state index in [1.54, 1.807) is 11.8 Å². The standard InChI is InChI=1S/C26H24N2O3/c1-2-31-26(30)22-23(20-14-8-4-9-15-20)27-24(21-16-10-5-11-17-21)28(25(22)29)18-19-12-6-3-7-13-19/h3-17,22-23H,2,18H2,1H3/t22-,23+/m1/s1. The van der Waals surface area contributed by atoms with Crippen molar-refractivity contribution in [2.75, 3.05) is 6.61 Å². The Labute approximate surface area is 182 Å². The minimum Gasteiger partial charge on any atom is -0.465 e. The molecule has 0 bridgehead atoms. The summed E-state index contributed by atoms with van der Waals surface area (Å²) in [6.07, 6.45) is 0. The number of nitrogens with zero attached hydrogens (tertiary/aromatic N) is 2. The number of carbonyl (C=O) groups excluding carboxylic acids is 2. The van der Waals surface area contributed by atoms with Gasteiger partial charge in [-0.3, -0.25) is 19.5 Å². The molecule has 5 nitrogen and oxygen atoms in total. The Balaban J connectivity index is 1.85. The summed E-state index contributed by atoms with van der Waals surface area (Å²) in [5, 5.41) is 0. The molecule has 5 heteroatoms. The van der Waals surface area contributed by atoms with Crippen LogP contribution >= 0.6 is 0 Å². The summed E-state index contributed by atoms with van der Waals surface area (Å²) in [4.78, 5) is 33.2. The van der Waals surface area contributed by atoms with Crippen molar-refractivity contribution in [2.24, 2.45) is 10.9 Å². The second kappa shape index (κ2) is 9.39. The molecule has 4 rings (SSSR count). The number of ether oxygens (including phenoxy) is 1. The average Bonchev–Trinajstić information content (AvgIpc) is 2.82. The molecule has 0 unspecified atom stereocenters. The lowest BCUT2D eigenvalue weighted by atomic mass is 9.89. The summed E-state index contributed by atoms with van der Waals surface area (Å²) in [5.74, 6) is -1.32. The first-order chi connectivity index (χ1) is 15.2. The van der Waals surface area contributed by atoms with Crippen LogP contribution in [0.15, 0.2) is 96.0 Å². The number of rotatable bonds is 6. The largest absolute Gasteiger partial charge is 0.465 e. The summed E-state index contributed by atoms with van der Waals surface area (Å²) >= 11 is 0. The van der Waals surface area contributed by atoms with Gasteiger partial charge in [-0.05, 0) is 18.1 Å². The number of esters is 1. The molecule has 0 spiro atoms. The van der Waals surface area contributed by atoms with Crippen LogP contribution in [0.3, 0.4) is 0 Å². The fraction of sp³-hybridized carbons (Fsp3) is 0.192. The molecular weight excluding hydrogens is 388 g/mol. The molecule has 0 saturated carbocycles. The van der Waals surface area contributed by atoms with Gasteiger partial charge in [-0.15, -0.1) is 0 Å². The molecule has 2 atom stereocenters. The molecule has 0 aromatic heterocycles. The minimum atomic E-state index is -1.03. The lowest BCUT2D eigenvalue weighted by Crippen LogP contribution is -2.49. The van der Waals surface area contributed by atoms with E-state index in [9.17, 15) is 9.59 Å². The summed E-state index contributed by atoms with van der Waals surface area (Å²) < 4.78 is 5.29. The third-order valence-corrected chi connectivity index (χ3v) is 5.26. The minimum absolute atomic E-state index is 0.206. The summed E-state index contributed by atoms with van der Waals surface area (Å²) in [6.45, 7) is 2.27. The molecule has 156 valence electrons. The smallest absolute Gasteiger partial charge is 0.321 e. The normalized spacial score (nSPS) is 18.4. The van der Waals surface area contributed by atoms with Crippen molar-refractivity contribution in [1.82, 2.24) is 4.90 Å². The molecule has 0 aliphatic carbocycles. The summed E-state index contributed by atoms with van der Waals surface area (Å²) in [6, 6.07) is 28.1. The third kappa shape index (κ3) is 4.40. The monoisotopic (exact) mass is 412 g/mol. The number of amides is 1. The maximum Gasteiger partial charge on any atom is 0.321 e. The van der Waals surface area contributed by atoms with E-state index in [1.807, 2.05) is 91.0 Å². The molecule has 3 aromatic rings. The summed E-state index contributed by atoms with van der Waals surface area (Å²) in [7, 11) is 0. The van der Waals surface area contributed by atoms with Crippen molar-refractivity contribution in [3.8, 4) is 0 Å². The SMILES string of the molecule is CCOC(=O)[C@H]1C(=O)N(Cc2ccccc2)C(c2ccccc2)=N[C@H]1c1ccccc1. The van der Waals surface area contributed by atoms with Crippen LogP contribution in [0.1, 0.15) is 29.7 Å². The van der Waals surface area contributed by atoms with Gasteiger partial charge in [-0.25, -0.2) is 0 Å². The van der Waals surface area contributed by atoms with Gasteiger partial charge in [0.25, 0.3) is 0 Å². The Morgan fingerprint density at radius 2 is 1.48 bits per heavy atom. The highest BCUT2D eigenvalue weighted by Gasteiger charge is 2.45. The second-order valence-corrected chi connectivity index (χ2v) is 7.31. The molecule has 1 amide bonds. The topological polar surface area (TPSA) is 59.0 Å². The predicted molar refractivity (Wildman–Crippen MR) is 119 cm³/mol. The van der Waals surface area contributed by atoms with Gasteiger partial charge >= 0.3 is 5.97 Å². The van der Waals surface area contributed by atoms with Crippen LogP contribution in [-0.4, -0.2) is 29.2 Å². The molecule has 0 fully saturated rings. The van der Waals surface area contributed by atoms with E-state index >= 15 is 0 Å². The maximum absolute atomic E-state index is 13.8. The van der Waals surface area contributed by atoms with Crippen LogP contribution in [0.4, 0.5) is 0 Å². The fourth-order valence-electron chi connectivity index (χ4n) is 3.80. The predicted octanol–water partition coefficient (Wildman–Crippen LogP) is 4.40. The Bertz CT molecular complexity index is 1070. The Morgan fingerprint density at radius 1 is 0.903 bits per heavy atom. The molecule has 0 radical (unpaired) electrons. The highest BCUT2D eigenvalue weighted by molar-refractivity contribution is 6.14. The van der Waals surface area contributed by atoms with Crippen LogP contribution in [0.5, 0.6) is 0 Å². The molecule has 1 aliphatic heterocycles. The van der Waals surface area contributed by atoms with Gasteiger partial charge in [0.05, 0.1) is 19.2 Å². The Hall–Kier alpha value is -3.73. The van der Waals surface area contributed by atoms with Crippen LogP contribution in [-0.2, 0) is 20.9 Å². The molecule has 1 aliphatic rings. The molecular formula is C26H24N2O3. The van der Waals surface area contributed by atoms with Gasteiger partial charge in [0.15, 0.2) is 5.92 Å². The van der Waals surface area contributed by atoms with Crippen molar-refractivity contribution in [3.05, 3.63) is 108 Å². The lowest BCUT2D eigenvalue weighted by Gasteiger charge is -2.35. The van der Waals surface area contributed by atoms with Crippen LogP contribution < -0.4 is 0 Å². The van der Waals surface area contributed by atoms with Crippen molar-refractivity contribution < 1.29 is 14.3 Å². The number of hydrogen-bond acceptors (Lipinski definition) is 4. The highest BCUT2D eigenvalue weighted by Crippen LogP contribution is 2.35. The van der Waals surface area contributed by atoms with E-state index in [-0.39, 0.29) is 12.5 Å². The van der Waals surface area contributed by atoms with Crippen LogP contribution in [0.2, 0.25) is 0 Å². The number of benzene rings is 3. The highest BCUT2D eigenvalue weighted by atomic mass is 16.5. The van der Waals surface area contributed by atoms with Gasteiger partial charge in [0.2, 0.25) is 5.91 Å². The number of aliphatic imine (C=N–C) groups is 1. The van der Waals surface area contributed by atoms with Crippen LogP contribution in [0.25, 0.3) is 0 Å². The fourth-order valence-corrected chi connectivity index (χ4v) is 3.80. The number of hydrogen-bond donors (Lipinski definition) is 0. The van der Waals surface area contributed by atoms with E-state index in [0.29, 0.717) is 12.4 Å². The van der Waals surface area contributed by atoms with Gasteiger partial charge < -0.3 is 4.74 Å². The third-order valence-electron chi connectivity index (χ3n) is 5.26. The Kier molecular flexibility index (Phi) is 6.22.